The molecule has 0 aliphatic carbocycles. The molecule has 0 unspecified atom stereocenters. The topological polar surface area (TPSA) is 106 Å². The molecule has 1 fully saturated rings. The number of hydrogen-bond donors (Lipinski definition) is 1. The summed E-state index contributed by atoms with van der Waals surface area (Å²) in [6.45, 7) is 4.52. The van der Waals surface area contributed by atoms with Gasteiger partial charge in [-0.2, -0.15) is 0 Å². The van der Waals surface area contributed by atoms with Gasteiger partial charge in [-0.15, -0.1) is 0 Å². The Bertz CT molecular complexity index is 1130. The molecule has 2 heterocycles. The van der Waals surface area contributed by atoms with Crippen molar-refractivity contribution in [1.82, 2.24) is 14.0 Å². The Labute approximate surface area is 181 Å². The number of rotatable bonds is 8. The summed E-state index contributed by atoms with van der Waals surface area (Å²) in [5.41, 5.74) is -0.146. The molecule has 1 aliphatic rings. The summed E-state index contributed by atoms with van der Waals surface area (Å²) >= 11 is 0. The molecular weight excluding hydrogens is 422 g/mol. The van der Waals surface area contributed by atoms with Crippen LogP contribution in [0.15, 0.2) is 39.9 Å². The van der Waals surface area contributed by atoms with Crippen LogP contribution in [0.5, 0.6) is 5.75 Å². The molecular formula is C20H29N5O5S. The molecule has 0 saturated carbocycles. The summed E-state index contributed by atoms with van der Waals surface area (Å²) in [5.74, 6) is 1.27. The molecule has 3 rings (SSSR count). The van der Waals surface area contributed by atoms with Crippen molar-refractivity contribution in [1.29, 1.82) is 0 Å². The van der Waals surface area contributed by atoms with Crippen LogP contribution in [0.1, 0.15) is 6.42 Å². The first-order valence-electron chi connectivity index (χ1n) is 10.1. The number of aromatic nitrogens is 2. The number of ether oxygens (including phenoxy) is 1. The summed E-state index contributed by atoms with van der Waals surface area (Å²) in [5, 5.41) is 0. The number of benzene rings is 1. The lowest BCUT2D eigenvalue weighted by Gasteiger charge is -2.36. The first-order valence-corrected chi connectivity index (χ1v) is 12.0. The number of nitrogens with zero attached hydrogens (tertiary/aromatic N) is 4. The predicted molar refractivity (Wildman–Crippen MR) is 121 cm³/mol. The van der Waals surface area contributed by atoms with Crippen molar-refractivity contribution in [2.24, 2.45) is 14.1 Å². The van der Waals surface area contributed by atoms with Crippen LogP contribution in [0.4, 0.5) is 11.5 Å². The highest BCUT2D eigenvalue weighted by molar-refractivity contribution is 7.92. The monoisotopic (exact) mass is 451 g/mol. The molecule has 0 atom stereocenters. The van der Waals surface area contributed by atoms with E-state index in [2.05, 4.69) is 14.5 Å². The van der Waals surface area contributed by atoms with Crippen molar-refractivity contribution < 1.29 is 13.2 Å². The van der Waals surface area contributed by atoms with E-state index in [0.29, 0.717) is 23.9 Å². The van der Waals surface area contributed by atoms with Gasteiger partial charge < -0.3 is 9.64 Å². The fraction of sp³-hybridized carbons (Fsp3) is 0.500. The SMILES string of the molecule is Cn1c(N2CCN(CCCOc3cccc(NS(C)(=O)=O)c3)CC2)cc(=O)n(C)c1=O. The van der Waals surface area contributed by atoms with Gasteiger partial charge in [-0.1, -0.05) is 6.07 Å². The van der Waals surface area contributed by atoms with Crippen LogP contribution in [-0.4, -0.2) is 68.0 Å². The third-order valence-electron chi connectivity index (χ3n) is 5.22. The Hall–Kier alpha value is -2.79. The van der Waals surface area contributed by atoms with Gasteiger partial charge in [-0.05, 0) is 18.6 Å². The second-order valence-electron chi connectivity index (χ2n) is 7.67. The van der Waals surface area contributed by atoms with Crippen molar-refractivity contribution in [3.8, 4) is 5.75 Å². The summed E-state index contributed by atoms with van der Waals surface area (Å²) in [6, 6.07) is 8.38. The third-order valence-corrected chi connectivity index (χ3v) is 5.83. The van der Waals surface area contributed by atoms with Crippen LogP contribution in [0, 0.1) is 0 Å². The second kappa shape index (κ2) is 9.56. The van der Waals surface area contributed by atoms with Crippen LogP contribution in [0.25, 0.3) is 0 Å². The maximum Gasteiger partial charge on any atom is 0.332 e. The number of hydrogen-bond acceptors (Lipinski definition) is 7. The van der Waals surface area contributed by atoms with E-state index >= 15 is 0 Å². The molecule has 31 heavy (non-hydrogen) atoms. The molecule has 170 valence electrons. The fourth-order valence-corrected chi connectivity index (χ4v) is 4.12. The highest BCUT2D eigenvalue weighted by Gasteiger charge is 2.20. The van der Waals surface area contributed by atoms with E-state index in [0.717, 1.165) is 50.0 Å². The van der Waals surface area contributed by atoms with Crippen molar-refractivity contribution in [3.63, 3.8) is 0 Å². The molecule has 0 amide bonds. The molecule has 1 saturated heterocycles. The van der Waals surface area contributed by atoms with E-state index in [1.807, 2.05) is 0 Å². The van der Waals surface area contributed by atoms with E-state index in [1.54, 1.807) is 31.3 Å². The minimum Gasteiger partial charge on any atom is -0.493 e. The Morgan fingerprint density at radius 3 is 2.42 bits per heavy atom. The molecule has 0 bridgehead atoms. The zero-order chi connectivity index (χ0) is 22.6. The van der Waals surface area contributed by atoms with Crippen molar-refractivity contribution in [2.75, 3.05) is 55.2 Å². The molecule has 1 aromatic carbocycles. The lowest BCUT2D eigenvalue weighted by Crippen LogP contribution is -2.49. The first kappa shape index (κ1) is 22.9. The van der Waals surface area contributed by atoms with Gasteiger partial charge in [0.25, 0.3) is 5.56 Å². The average molecular weight is 452 g/mol. The van der Waals surface area contributed by atoms with Crippen molar-refractivity contribution in [2.45, 2.75) is 6.42 Å². The van der Waals surface area contributed by atoms with E-state index in [9.17, 15) is 18.0 Å². The molecule has 10 nitrogen and oxygen atoms in total. The largest absolute Gasteiger partial charge is 0.493 e. The van der Waals surface area contributed by atoms with Crippen LogP contribution in [-0.2, 0) is 24.1 Å². The quantitative estimate of drug-likeness (QED) is 0.565. The van der Waals surface area contributed by atoms with Crippen LogP contribution in [0.2, 0.25) is 0 Å². The zero-order valence-corrected chi connectivity index (χ0v) is 18.9. The van der Waals surface area contributed by atoms with Crippen LogP contribution >= 0.6 is 0 Å². The minimum atomic E-state index is -3.32. The number of piperazine rings is 1. The van der Waals surface area contributed by atoms with Gasteiger partial charge in [0.05, 0.1) is 18.6 Å². The summed E-state index contributed by atoms with van der Waals surface area (Å²) in [4.78, 5) is 28.5. The standard InChI is InChI=1S/C20H29N5O5S/c1-22-18(15-19(26)23(2)20(22)27)25-11-9-24(10-12-25)8-5-13-30-17-7-4-6-16(14-17)21-31(3,28)29/h4,6-7,14-15,21H,5,8-13H2,1-3H3. The van der Waals surface area contributed by atoms with Crippen LogP contribution in [0.3, 0.4) is 0 Å². The van der Waals surface area contributed by atoms with Gasteiger partial charge in [0.1, 0.15) is 11.6 Å². The Kier molecular flexibility index (Phi) is 7.06. The highest BCUT2D eigenvalue weighted by atomic mass is 32.2. The number of sulfonamides is 1. The lowest BCUT2D eigenvalue weighted by molar-refractivity contribution is 0.224. The summed E-state index contributed by atoms with van der Waals surface area (Å²) in [6.07, 6.45) is 1.94. The van der Waals surface area contributed by atoms with Gasteiger partial charge in [0.15, 0.2) is 0 Å². The maximum absolute atomic E-state index is 12.1. The van der Waals surface area contributed by atoms with E-state index < -0.39 is 10.0 Å². The highest BCUT2D eigenvalue weighted by Crippen LogP contribution is 2.18. The zero-order valence-electron chi connectivity index (χ0n) is 18.1. The summed E-state index contributed by atoms with van der Waals surface area (Å²) in [7, 11) is -0.161. The molecule has 1 N–H and O–H groups in total. The predicted octanol–water partition coefficient (Wildman–Crippen LogP) is 0.0466. The van der Waals surface area contributed by atoms with Gasteiger partial charge >= 0.3 is 5.69 Å². The lowest BCUT2D eigenvalue weighted by atomic mass is 10.3. The maximum atomic E-state index is 12.1. The van der Waals surface area contributed by atoms with Gasteiger partial charge in [-0.3, -0.25) is 23.6 Å². The molecule has 11 heteroatoms. The average Bonchev–Trinajstić information content (AvgIpc) is 2.72. The second-order valence-corrected chi connectivity index (χ2v) is 9.42. The molecule has 2 aromatic rings. The van der Waals surface area contributed by atoms with Gasteiger partial charge in [-0.25, -0.2) is 13.2 Å². The smallest absolute Gasteiger partial charge is 0.332 e. The minimum absolute atomic E-state index is 0.298. The molecule has 1 aromatic heterocycles. The Morgan fingerprint density at radius 1 is 1.03 bits per heavy atom. The Balaban J connectivity index is 1.45. The third kappa shape index (κ3) is 6.11. The summed E-state index contributed by atoms with van der Waals surface area (Å²) < 4.78 is 33.5. The van der Waals surface area contributed by atoms with Crippen molar-refractivity contribution in [3.05, 3.63) is 51.2 Å². The number of nitrogens with one attached hydrogen (secondary N) is 1. The number of anilines is 2. The van der Waals surface area contributed by atoms with E-state index in [-0.39, 0.29) is 11.2 Å². The van der Waals surface area contributed by atoms with Gasteiger partial charge in [0, 0.05) is 59.0 Å². The molecule has 1 aliphatic heterocycles. The molecule has 0 radical (unpaired) electrons. The van der Waals surface area contributed by atoms with E-state index in [1.165, 1.54) is 17.7 Å². The Morgan fingerprint density at radius 2 is 1.74 bits per heavy atom. The fourth-order valence-electron chi connectivity index (χ4n) is 3.57. The van der Waals surface area contributed by atoms with Gasteiger partial charge in [0.2, 0.25) is 10.0 Å². The first-order chi connectivity index (χ1) is 14.6. The van der Waals surface area contributed by atoms with Crippen LogP contribution < -0.4 is 25.6 Å². The molecule has 0 spiro atoms. The van der Waals surface area contributed by atoms with Crippen molar-refractivity contribution >= 4 is 21.5 Å². The normalized spacial score (nSPS) is 15.1. The van der Waals surface area contributed by atoms with E-state index in [4.69, 9.17) is 4.74 Å².